The smallest absolute Gasteiger partial charge is 0.350 e. The Morgan fingerprint density at radius 1 is 1.03 bits per heavy atom. The first-order valence-electron chi connectivity index (χ1n) is 12.4. The molecule has 2 aromatic rings. The summed E-state index contributed by atoms with van der Waals surface area (Å²) in [5.41, 5.74) is 1.71. The minimum Gasteiger partial charge on any atom is -0.462 e. The van der Waals surface area contributed by atoms with Crippen LogP contribution in [0, 0.1) is 11.8 Å². The maximum absolute atomic E-state index is 14.0. The van der Waals surface area contributed by atoms with Crippen molar-refractivity contribution in [2.75, 3.05) is 11.5 Å². The molecule has 0 radical (unpaired) electrons. The Morgan fingerprint density at radius 2 is 1.70 bits per heavy atom. The van der Waals surface area contributed by atoms with Crippen molar-refractivity contribution in [1.82, 2.24) is 0 Å². The summed E-state index contributed by atoms with van der Waals surface area (Å²) in [6.45, 7) is 4.35. The van der Waals surface area contributed by atoms with Gasteiger partial charge in [-0.3, -0.25) is 4.79 Å². The highest BCUT2D eigenvalue weighted by atomic mass is 32.1. The molecular weight excluding hydrogens is 434 g/mol. The summed E-state index contributed by atoms with van der Waals surface area (Å²) in [6, 6.07) is 12.0. The van der Waals surface area contributed by atoms with E-state index < -0.39 is 0 Å². The van der Waals surface area contributed by atoms with Gasteiger partial charge in [-0.1, -0.05) is 37.3 Å². The third-order valence-corrected chi connectivity index (χ3v) is 8.28. The first kappa shape index (κ1) is 24.0. The molecule has 2 aliphatic carbocycles. The van der Waals surface area contributed by atoms with Gasteiger partial charge in [0.15, 0.2) is 0 Å². The van der Waals surface area contributed by atoms with Gasteiger partial charge in [0.1, 0.15) is 4.88 Å². The summed E-state index contributed by atoms with van der Waals surface area (Å²) in [5, 5.41) is 10.1. The van der Waals surface area contributed by atoms with Crippen molar-refractivity contribution in [3.05, 3.63) is 41.3 Å². The number of rotatable bonds is 6. The molecular formula is C27H35NO4S. The van der Waals surface area contributed by atoms with Crippen LogP contribution >= 0.6 is 11.3 Å². The van der Waals surface area contributed by atoms with E-state index in [1.54, 1.807) is 6.92 Å². The van der Waals surface area contributed by atoms with Gasteiger partial charge in [0.2, 0.25) is 5.91 Å². The summed E-state index contributed by atoms with van der Waals surface area (Å²) >= 11 is 1.40. The van der Waals surface area contributed by atoms with Gasteiger partial charge in [0.25, 0.3) is 0 Å². The second-order valence-corrected chi connectivity index (χ2v) is 10.6. The lowest BCUT2D eigenvalue weighted by atomic mass is 9.81. The number of carbonyl (C=O) groups is 2. The largest absolute Gasteiger partial charge is 0.462 e. The molecule has 2 saturated carbocycles. The van der Waals surface area contributed by atoms with E-state index in [1.807, 2.05) is 41.3 Å². The van der Waals surface area contributed by atoms with Crippen molar-refractivity contribution >= 4 is 28.9 Å². The van der Waals surface area contributed by atoms with Gasteiger partial charge in [-0.05, 0) is 75.8 Å². The molecule has 0 bridgehead atoms. The zero-order valence-corrected chi connectivity index (χ0v) is 20.5. The number of aliphatic hydroxyl groups is 1. The van der Waals surface area contributed by atoms with Crippen LogP contribution in [0.3, 0.4) is 0 Å². The Bertz CT molecular complexity index is 940. The number of benzene rings is 1. The first-order chi connectivity index (χ1) is 16.0. The number of carbonyl (C=O) groups excluding carboxylic acids is 2. The van der Waals surface area contributed by atoms with E-state index in [1.165, 1.54) is 11.3 Å². The van der Waals surface area contributed by atoms with E-state index in [4.69, 9.17) is 4.74 Å². The minimum absolute atomic E-state index is 0.00773. The topological polar surface area (TPSA) is 66.8 Å². The number of amides is 1. The number of thiophene rings is 1. The van der Waals surface area contributed by atoms with Crippen LogP contribution in [0.1, 0.15) is 74.9 Å². The monoisotopic (exact) mass is 469 g/mol. The van der Waals surface area contributed by atoms with Crippen molar-refractivity contribution in [3.8, 4) is 10.4 Å². The Balaban J connectivity index is 1.75. The Kier molecular flexibility index (Phi) is 7.86. The lowest BCUT2D eigenvalue weighted by molar-refractivity contribution is -0.124. The molecule has 178 valence electrons. The molecule has 1 heterocycles. The van der Waals surface area contributed by atoms with Gasteiger partial charge >= 0.3 is 5.97 Å². The summed E-state index contributed by atoms with van der Waals surface area (Å²) < 4.78 is 5.41. The third-order valence-electron chi connectivity index (χ3n) is 7.13. The number of hydrogen-bond donors (Lipinski definition) is 1. The maximum atomic E-state index is 14.0. The fraction of sp³-hybridized carbons (Fsp3) is 0.556. The van der Waals surface area contributed by atoms with E-state index in [9.17, 15) is 14.7 Å². The molecule has 33 heavy (non-hydrogen) atoms. The van der Waals surface area contributed by atoms with Crippen molar-refractivity contribution < 1.29 is 19.4 Å². The van der Waals surface area contributed by atoms with Crippen molar-refractivity contribution in [2.24, 2.45) is 11.8 Å². The van der Waals surface area contributed by atoms with Crippen LogP contribution in [0.2, 0.25) is 0 Å². The van der Waals surface area contributed by atoms with Crippen LogP contribution in [0.15, 0.2) is 36.4 Å². The van der Waals surface area contributed by atoms with Crippen LogP contribution in [0.5, 0.6) is 0 Å². The molecule has 0 spiro atoms. The normalized spacial score (nSPS) is 25.4. The Hall–Kier alpha value is -2.18. The van der Waals surface area contributed by atoms with E-state index >= 15 is 0 Å². The maximum Gasteiger partial charge on any atom is 0.350 e. The quantitative estimate of drug-likeness (QED) is 0.523. The average Bonchev–Trinajstić information content (AvgIpc) is 3.27. The van der Waals surface area contributed by atoms with E-state index in [-0.39, 0.29) is 29.9 Å². The predicted molar refractivity (Wildman–Crippen MR) is 133 cm³/mol. The van der Waals surface area contributed by atoms with Gasteiger partial charge in [0.05, 0.1) is 18.4 Å². The van der Waals surface area contributed by atoms with Crippen LogP contribution < -0.4 is 4.90 Å². The number of aliphatic hydroxyl groups excluding tert-OH is 1. The fourth-order valence-corrected chi connectivity index (χ4v) is 6.21. The van der Waals surface area contributed by atoms with E-state index in [0.717, 1.165) is 49.0 Å². The second-order valence-electron chi connectivity index (χ2n) is 9.54. The van der Waals surface area contributed by atoms with Gasteiger partial charge < -0.3 is 14.7 Å². The number of hydrogen-bond acceptors (Lipinski definition) is 5. The SMILES string of the molecule is CCOC(=O)c1sc(-c2ccccc2)cc1N(C(=O)[C@H]1CC[C@H](C)CC1)[C@H]1CC[C@@H](O)CC1. The van der Waals surface area contributed by atoms with Crippen LogP contribution in [-0.4, -0.2) is 35.7 Å². The molecule has 0 atom stereocenters. The molecule has 1 aromatic carbocycles. The van der Waals surface area contributed by atoms with Gasteiger partial charge in [-0.25, -0.2) is 4.79 Å². The molecule has 2 fully saturated rings. The second kappa shape index (κ2) is 10.8. The summed E-state index contributed by atoms with van der Waals surface area (Å²) in [4.78, 5) is 30.4. The van der Waals surface area contributed by atoms with Crippen LogP contribution in [-0.2, 0) is 9.53 Å². The average molecular weight is 470 g/mol. The standard InChI is InChI=1S/C27H35NO4S/c1-3-32-27(31)25-23(17-24(33-25)19-7-5-4-6-8-19)28(21-13-15-22(29)16-14-21)26(30)20-11-9-18(2)10-12-20/h4-8,17-18,20-22,29H,3,9-16H2,1-2H3/t18-,20-,21-,22+. The summed E-state index contributed by atoms with van der Waals surface area (Å²) in [7, 11) is 0. The van der Waals surface area contributed by atoms with Crippen LogP contribution in [0.25, 0.3) is 10.4 Å². The molecule has 1 aromatic heterocycles. The van der Waals surface area contributed by atoms with Crippen LogP contribution in [0.4, 0.5) is 5.69 Å². The van der Waals surface area contributed by atoms with Gasteiger partial charge in [0, 0.05) is 16.8 Å². The highest BCUT2D eigenvalue weighted by Crippen LogP contribution is 2.42. The highest BCUT2D eigenvalue weighted by molar-refractivity contribution is 7.18. The number of esters is 1. The number of ether oxygens (including phenoxy) is 1. The lowest BCUT2D eigenvalue weighted by Crippen LogP contribution is -2.47. The van der Waals surface area contributed by atoms with E-state index in [2.05, 4.69) is 6.92 Å². The zero-order chi connectivity index (χ0) is 23.4. The zero-order valence-electron chi connectivity index (χ0n) is 19.7. The lowest BCUT2D eigenvalue weighted by Gasteiger charge is -2.39. The van der Waals surface area contributed by atoms with E-state index in [0.29, 0.717) is 35.9 Å². The van der Waals surface area contributed by atoms with Gasteiger partial charge in [-0.15, -0.1) is 11.3 Å². The highest BCUT2D eigenvalue weighted by Gasteiger charge is 2.37. The van der Waals surface area contributed by atoms with Crippen molar-refractivity contribution in [3.63, 3.8) is 0 Å². The molecule has 0 saturated heterocycles. The minimum atomic E-state index is -0.370. The van der Waals surface area contributed by atoms with Gasteiger partial charge in [-0.2, -0.15) is 0 Å². The molecule has 0 unspecified atom stereocenters. The third kappa shape index (κ3) is 5.49. The Labute approximate surface area is 200 Å². The van der Waals surface area contributed by atoms with Crippen molar-refractivity contribution in [1.29, 1.82) is 0 Å². The molecule has 1 amide bonds. The number of nitrogens with zero attached hydrogens (tertiary/aromatic N) is 1. The molecule has 4 rings (SSSR count). The molecule has 5 nitrogen and oxygen atoms in total. The first-order valence-corrected chi connectivity index (χ1v) is 13.2. The molecule has 0 aliphatic heterocycles. The fourth-order valence-electron chi connectivity index (χ4n) is 5.16. The molecule has 2 aliphatic rings. The predicted octanol–water partition coefficient (Wildman–Crippen LogP) is 6.05. The Morgan fingerprint density at radius 3 is 2.33 bits per heavy atom. The molecule has 6 heteroatoms. The number of anilines is 1. The summed E-state index contributed by atoms with van der Waals surface area (Å²) in [5.74, 6) is 0.410. The van der Waals surface area contributed by atoms with Crippen molar-refractivity contribution in [2.45, 2.75) is 77.4 Å². The molecule has 1 N–H and O–H groups in total. The summed E-state index contributed by atoms with van der Waals surface area (Å²) in [6.07, 6.45) is 6.48.